The topological polar surface area (TPSA) is 135 Å². The normalized spacial score (nSPS) is 16.5. The van der Waals surface area contributed by atoms with Crippen LogP contribution >= 0.6 is 0 Å². The summed E-state index contributed by atoms with van der Waals surface area (Å²) < 4.78 is 17.1. The molecule has 10 nitrogen and oxygen atoms in total. The van der Waals surface area contributed by atoms with Crippen LogP contribution in [0.4, 0.5) is 10.6 Å². The van der Waals surface area contributed by atoms with Crippen LogP contribution in [-0.4, -0.2) is 62.0 Å². The second kappa shape index (κ2) is 16.2. The van der Waals surface area contributed by atoms with Gasteiger partial charge < -0.3 is 30.2 Å². The summed E-state index contributed by atoms with van der Waals surface area (Å²) in [6.07, 6.45) is 2.01. The number of aryl methyl sites for hydroxylation is 1. The third-order valence-corrected chi connectivity index (χ3v) is 7.81. The number of methoxy groups -OCH3 is 1. The molecule has 1 aliphatic rings. The number of nitriles is 1. The smallest absolute Gasteiger partial charge is 0.407 e. The molecule has 1 aliphatic heterocycles. The Hall–Kier alpha value is -5.24. The SMILES string of the molecule is COC(=O)NC(C(=O)Nc1ncccc1CC[C@@H]1CNC[C@@H](COc2ccc(C#N)cc2)O1)C(c1ccccc1)c1ccccc1. The summed E-state index contributed by atoms with van der Waals surface area (Å²) in [5.41, 5.74) is 3.16. The maximum Gasteiger partial charge on any atom is 0.407 e. The summed E-state index contributed by atoms with van der Waals surface area (Å²) in [7, 11) is 1.27. The van der Waals surface area contributed by atoms with E-state index in [0.29, 0.717) is 49.7 Å². The first-order chi connectivity index (χ1) is 22.5. The van der Waals surface area contributed by atoms with Gasteiger partial charge in [0.05, 0.1) is 24.8 Å². The number of carbonyl (C=O) groups excluding carboxylic acids is 2. The lowest BCUT2D eigenvalue weighted by Gasteiger charge is -2.31. The van der Waals surface area contributed by atoms with Crippen molar-refractivity contribution in [3.05, 3.63) is 126 Å². The molecule has 0 radical (unpaired) electrons. The molecule has 3 atom stereocenters. The van der Waals surface area contributed by atoms with Gasteiger partial charge in [0.1, 0.15) is 30.3 Å². The minimum absolute atomic E-state index is 0.0682. The second-order valence-corrected chi connectivity index (χ2v) is 10.9. The van der Waals surface area contributed by atoms with Gasteiger partial charge in [-0.3, -0.25) is 4.79 Å². The first-order valence-corrected chi connectivity index (χ1v) is 15.2. The fourth-order valence-corrected chi connectivity index (χ4v) is 5.50. The molecule has 2 amide bonds. The number of amides is 2. The lowest BCUT2D eigenvalue weighted by molar-refractivity contribution is -0.118. The number of anilines is 1. The lowest BCUT2D eigenvalue weighted by atomic mass is 9.84. The molecule has 5 rings (SSSR count). The number of morpholine rings is 1. The molecule has 236 valence electrons. The zero-order valence-corrected chi connectivity index (χ0v) is 25.6. The van der Waals surface area contributed by atoms with Crippen LogP contribution in [0.1, 0.15) is 34.6 Å². The largest absolute Gasteiger partial charge is 0.491 e. The van der Waals surface area contributed by atoms with Crippen molar-refractivity contribution in [3.63, 3.8) is 0 Å². The number of nitrogens with zero attached hydrogens (tertiary/aromatic N) is 2. The van der Waals surface area contributed by atoms with Gasteiger partial charge in [0.2, 0.25) is 5.91 Å². The van der Waals surface area contributed by atoms with E-state index in [9.17, 15) is 9.59 Å². The average Bonchev–Trinajstić information content (AvgIpc) is 3.11. The highest BCUT2D eigenvalue weighted by atomic mass is 16.5. The van der Waals surface area contributed by atoms with Crippen molar-refractivity contribution in [1.29, 1.82) is 5.26 Å². The van der Waals surface area contributed by atoms with E-state index in [1.165, 1.54) is 7.11 Å². The summed E-state index contributed by atoms with van der Waals surface area (Å²) in [5, 5.41) is 18.2. The summed E-state index contributed by atoms with van der Waals surface area (Å²) >= 11 is 0. The van der Waals surface area contributed by atoms with Crippen LogP contribution in [0.5, 0.6) is 5.75 Å². The van der Waals surface area contributed by atoms with E-state index in [4.69, 9.17) is 19.5 Å². The van der Waals surface area contributed by atoms with Gasteiger partial charge in [0.25, 0.3) is 0 Å². The molecule has 46 heavy (non-hydrogen) atoms. The third-order valence-electron chi connectivity index (χ3n) is 7.81. The van der Waals surface area contributed by atoms with Gasteiger partial charge in [0, 0.05) is 25.2 Å². The molecule has 0 bridgehead atoms. The zero-order valence-electron chi connectivity index (χ0n) is 25.6. The fraction of sp³-hybridized carbons (Fsp3) is 0.278. The van der Waals surface area contributed by atoms with Crippen molar-refractivity contribution in [3.8, 4) is 11.8 Å². The first kappa shape index (κ1) is 32.2. The van der Waals surface area contributed by atoms with Crippen LogP contribution in [0.15, 0.2) is 103 Å². The molecule has 1 unspecified atom stereocenters. The number of ether oxygens (including phenoxy) is 3. The summed E-state index contributed by atoms with van der Waals surface area (Å²) in [4.78, 5) is 31.0. The number of carbonyl (C=O) groups is 2. The lowest BCUT2D eigenvalue weighted by Crippen LogP contribution is -2.48. The van der Waals surface area contributed by atoms with Crippen molar-refractivity contribution < 1.29 is 23.8 Å². The Bertz CT molecular complexity index is 1570. The molecule has 1 aromatic heterocycles. The first-order valence-electron chi connectivity index (χ1n) is 15.2. The Balaban J connectivity index is 1.26. The molecule has 2 heterocycles. The van der Waals surface area contributed by atoms with E-state index in [0.717, 1.165) is 16.7 Å². The number of alkyl carbamates (subject to hydrolysis) is 1. The van der Waals surface area contributed by atoms with Crippen LogP contribution in [0.3, 0.4) is 0 Å². The molecule has 1 saturated heterocycles. The number of pyridine rings is 1. The van der Waals surface area contributed by atoms with Crippen LogP contribution in [-0.2, 0) is 20.7 Å². The van der Waals surface area contributed by atoms with Gasteiger partial charge in [-0.05, 0) is 59.9 Å². The molecule has 0 spiro atoms. The molecular weight excluding hydrogens is 582 g/mol. The third kappa shape index (κ3) is 8.69. The number of rotatable bonds is 12. The van der Waals surface area contributed by atoms with Crippen LogP contribution in [0, 0.1) is 11.3 Å². The Morgan fingerprint density at radius 3 is 2.28 bits per heavy atom. The monoisotopic (exact) mass is 619 g/mol. The van der Waals surface area contributed by atoms with E-state index in [1.54, 1.807) is 30.5 Å². The second-order valence-electron chi connectivity index (χ2n) is 10.9. The molecule has 3 N–H and O–H groups in total. The maximum atomic E-state index is 14.0. The molecule has 0 saturated carbocycles. The Kier molecular flexibility index (Phi) is 11.3. The predicted molar refractivity (Wildman–Crippen MR) is 173 cm³/mol. The number of hydrogen-bond acceptors (Lipinski definition) is 8. The van der Waals surface area contributed by atoms with Gasteiger partial charge in [-0.1, -0.05) is 66.7 Å². The van der Waals surface area contributed by atoms with E-state index in [1.807, 2.05) is 72.8 Å². The van der Waals surface area contributed by atoms with Gasteiger partial charge >= 0.3 is 6.09 Å². The predicted octanol–water partition coefficient (Wildman–Crippen LogP) is 4.82. The Labute approximate surface area is 268 Å². The molecule has 1 fully saturated rings. The van der Waals surface area contributed by atoms with E-state index in [2.05, 4.69) is 27.0 Å². The Morgan fingerprint density at radius 2 is 1.63 bits per heavy atom. The molecule has 3 aromatic carbocycles. The van der Waals surface area contributed by atoms with Crippen molar-refractivity contribution in [1.82, 2.24) is 15.6 Å². The fourth-order valence-electron chi connectivity index (χ4n) is 5.50. The standard InChI is InChI=1S/C36H37N5O5/c1-44-36(43)40-33(32(26-9-4-2-5-10-26)27-11-6-3-7-12-27)35(42)41-34-28(13-8-20-39-34)16-19-30-22-38-23-31(46-30)24-45-29-17-14-25(21-37)15-18-29/h2-15,17-18,20,30-33,38H,16,19,22-24H2,1H3,(H,40,43)(H,39,41,42)/t30-,31+,33?/m1/s1. The van der Waals surface area contributed by atoms with Gasteiger partial charge in [0.15, 0.2) is 0 Å². The van der Waals surface area contributed by atoms with E-state index >= 15 is 0 Å². The van der Waals surface area contributed by atoms with E-state index < -0.39 is 24.0 Å². The van der Waals surface area contributed by atoms with Gasteiger partial charge in [-0.2, -0.15) is 5.26 Å². The quantitative estimate of drug-likeness (QED) is 0.206. The van der Waals surface area contributed by atoms with Gasteiger partial charge in [-0.25, -0.2) is 9.78 Å². The highest BCUT2D eigenvalue weighted by Crippen LogP contribution is 2.29. The summed E-state index contributed by atoms with van der Waals surface area (Å²) in [5.74, 6) is 0.202. The Morgan fingerprint density at radius 1 is 0.957 bits per heavy atom. The van der Waals surface area contributed by atoms with Crippen LogP contribution in [0.25, 0.3) is 0 Å². The number of benzene rings is 3. The molecule has 10 heteroatoms. The van der Waals surface area contributed by atoms with Crippen LogP contribution < -0.4 is 20.7 Å². The maximum absolute atomic E-state index is 14.0. The van der Waals surface area contributed by atoms with Crippen LogP contribution in [0.2, 0.25) is 0 Å². The minimum Gasteiger partial charge on any atom is -0.491 e. The summed E-state index contributed by atoms with van der Waals surface area (Å²) in [6.45, 7) is 1.73. The summed E-state index contributed by atoms with van der Waals surface area (Å²) in [6, 6.07) is 31.0. The average molecular weight is 620 g/mol. The number of hydrogen-bond donors (Lipinski definition) is 3. The number of nitrogens with one attached hydrogen (secondary N) is 3. The molecular formula is C36H37N5O5. The minimum atomic E-state index is -0.991. The van der Waals surface area contributed by atoms with E-state index in [-0.39, 0.29) is 12.2 Å². The highest BCUT2D eigenvalue weighted by Gasteiger charge is 2.33. The molecule has 0 aliphatic carbocycles. The van der Waals surface area contributed by atoms with Crippen molar-refractivity contribution in [2.45, 2.75) is 37.0 Å². The van der Waals surface area contributed by atoms with Crippen molar-refractivity contribution in [2.24, 2.45) is 0 Å². The van der Waals surface area contributed by atoms with Gasteiger partial charge in [-0.15, -0.1) is 0 Å². The highest BCUT2D eigenvalue weighted by molar-refractivity contribution is 5.97. The van der Waals surface area contributed by atoms with Crippen molar-refractivity contribution in [2.75, 3.05) is 32.1 Å². The molecule has 4 aromatic rings. The number of aromatic nitrogens is 1. The zero-order chi connectivity index (χ0) is 32.1. The van der Waals surface area contributed by atoms with Crippen molar-refractivity contribution >= 4 is 17.8 Å².